The van der Waals surface area contributed by atoms with Gasteiger partial charge in [-0.2, -0.15) is 0 Å². The standard InChI is InChI=1S/C103H72BN3OSi/c1-11-35-73(36-12-1)77-59-61-94-92(67-77)104-93-68-78(74-37-13-2-14-38-74)60-62-95(93)106(86-65-80(76-41-17-4-18-42-76)66-91(70-86)109(88-49-25-8-26-50-88,89-51-27-9-28-52-89)90-53-29-10-30-54-90)99-72-87(107-96-55-31-33-57-100(96)108-101-58-34-32-56-97(101)107)71-98(102(99)104)105(94)85-64-79(75-39-15-3-16-40-75)63-84(69-85)103(81-43-19-5-20-44-81,82-45-21-6-22-46-82)83-47-23-7-24-48-83/h1-72H. The van der Waals surface area contributed by atoms with E-state index in [1.54, 1.807) is 0 Å². The summed E-state index contributed by atoms with van der Waals surface area (Å²) in [6.07, 6.45) is 0. The van der Waals surface area contributed by atoms with Crippen LogP contribution in [0, 0.1) is 0 Å². The molecule has 0 amide bonds. The summed E-state index contributed by atoms with van der Waals surface area (Å²) in [5, 5.41) is 5.16. The van der Waals surface area contributed by atoms with Gasteiger partial charge in [0.25, 0.3) is 6.71 Å². The molecule has 0 N–H and O–H groups in total. The summed E-state index contributed by atoms with van der Waals surface area (Å²) in [6, 6.07) is 163. The van der Waals surface area contributed by atoms with Gasteiger partial charge in [-0.3, -0.25) is 0 Å². The van der Waals surface area contributed by atoms with Crippen LogP contribution in [-0.4, -0.2) is 14.8 Å². The number of anilines is 9. The van der Waals surface area contributed by atoms with Crippen LogP contribution >= 0.6 is 0 Å². The molecule has 0 bridgehead atoms. The number of hydrogen-bond acceptors (Lipinski definition) is 4. The molecule has 0 aliphatic carbocycles. The first-order valence-electron chi connectivity index (χ1n) is 37.6. The minimum absolute atomic E-state index is 0.301. The average molecular weight is 1410 g/mol. The predicted octanol–water partition coefficient (Wildman–Crippen LogP) is 21.8. The summed E-state index contributed by atoms with van der Waals surface area (Å²) < 4.78 is 6.96. The first kappa shape index (κ1) is 64.8. The van der Waals surface area contributed by atoms with Gasteiger partial charge in [-0.15, -0.1) is 0 Å². The molecule has 512 valence electrons. The number of fused-ring (bicyclic) bond motifs is 6. The molecule has 0 saturated heterocycles. The molecule has 17 aromatic carbocycles. The molecular weight excluding hydrogens is 1330 g/mol. The van der Waals surface area contributed by atoms with Gasteiger partial charge in [0.2, 0.25) is 0 Å². The van der Waals surface area contributed by atoms with E-state index in [1.165, 1.54) is 37.1 Å². The monoisotopic (exact) mass is 1410 g/mol. The molecule has 17 aromatic rings. The highest BCUT2D eigenvalue weighted by Crippen LogP contribution is 2.56. The number of ether oxygens (including phenoxy) is 1. The highest BCUT2D eigenvalue weighted by Gasteiger charge is 2.48. The zero-order valence-electron chi connectivity index (χ0n) is 59.9. The minimum Gasteiger partial charge on any atom is -0.453 e. The second-order valence-corrected chi connectivity index (χ2v) is 32.4. The van der Waals surface area contributed by atoms with Crippen LogP contribution in [0.4, 0.5) is 51.2 Å². The van der Waals surface area contributed by atoms with Gasteiger partial charge in [0.15, 0.2) is 19.6 Å². The molecule has 20 rings (SSSR count). The van der Waals surface area contributed by atoms with E-state index in [0.717, 1.165) is 129 Å². The Morgan fingerprint density at radius 1 is 0.211 bits per heavy atom. The van der Waals surface area contributed by atoms with Crippen LogP contribution in [0.5, 0.6) is 11.5 Å². The van der Waals surface area contributed by atoms with Crippen LogP contribution in [0.1, 0.15) is 22.3 Å². The lowest BCUT2D eigenvalue weighted by molar-refractivity contribution is 0.477. The Morgan fingerprint density at radius 2 is 0.532 bits per heavy atom. The fourth-order valence-corrected chi connectivity index (χ4v) is 22.7. The smallest absolute Gasteiger partial charge is 0.252 e. The van der Waals surface area contributed by atoms with Crippen LogP contribution in [-0.2, 0) is 5.41 Å². The molecule has 0 spiro atoms. The Bertz CT molecular complexity index is 5630. The van der Waals surface area contributed by atoms with E-state index in [0.29, 0.717) is 0 Å². The molecule has 0 saturated carbocycles. The van der Waals surface area contributed by atoms with Crippen LogP contribution in [0.15, 0.2) is 437 Å². The summed E-state index contributed by atoms with van der Waals surface area (Å²) in [4.78, 5) is 7.73. The van der Waals surface area contributed by atoms with Crippen LogP contribution in [0.25, 0.3) is 44.5 Å². The zero-order chi connectivity index (χ0) is 72.2. The van der Waals surface area contributed by atoms with Crippen molar-refractivity contribution in [1.29, 1.82) is 0 Å². The van der Waals surface area contributed by atoms with E-state index in [2.05, 4.69) is 451 Å². The van der Waals surface area contributed by atoms with Gasteiger partial charge in [-0.1, -0.05) is 358 Å². The Balaban J connectivity index is 0.959. The van der Waals surface area contributed by atoms with E-state index in [1.807, 2.05) is 0 Å². The van der Waals surface area contributed by atoms with Crippen molar-refractivity contribution in [3.8, 4) is 56.0 Å². The van der Waals surface area contributed by atoms with Gasteiger partial charge in [0, 0.05) is 34.1 Å². The number of nitrogens with zero attached hydrogens (tertiary/aromatic N) is 3. The molecule has 0 atom stereocenters. The van der Waals surface area contributed by atoms with E-state index in [9.17, 15) is 0 Å². The van der Waals surface area contributed by atoms with E-state index >= 15 is 0 Å². The summed E-state index contributed by atoms with van der Waals surface area (Å²) in [6.45, 7) is -0.301. The molecular formula is C103H72BN3OSi. The normalized spacial score (nSPS) is 12.6. The number of benzene rings is 17. The Kier molecular flexibility index (Phi) is 16.2. The van der Waals surface area contributed by atoms with Gasteiger partial charge in [-0.25, -0.2) is 0 Å². The van der Waals surface area contributed by atoms with Crippen LogP contribution in [0.2, 0.25) is 0 Å². The lowest BCUT2D eigenvalue weighted by atomic mass is 9.33. The third-order valence-corrected chi connectivity index (χ3v) is 27.4. The van der Waals surface area contributed by atoms with E-state index < -0.39 is 13.5 Å². The summed E-state index contributed by atoms with van der Waals surface area (Å²) in [5.74, 6) is 1.56. The molecule has 3 aliphatic rings. The maximum Gasteiger partial charge on any atom is 0.252 e. The lowest BCUT2D eigenvalue weighted by Gasteiger charge is -2.46. The minimum atomic E-state index is -3.26. The Hall–Kier alpha value is -13.8. The molecule has 3 aliphatic heterocycles. The van der Waals surface area contributed by atoms with Crippen molar-refractivity contribution in [3.05, 3.63) is 459 Å². The lowest BCUT2D eigenvalue weighted by Crippen LogP contribution is -2.74. The largest absolute Gasteiger partial charge is 0.453 e. The van der Waals surface area contributed by atoms with Crippen molar-refractivity contribution < 1.29 is 4.74 Å². The number of rotatable bonds is 15. The van der Waals surface area contributed by atoms with Crippen molar-refractivity contribution in [1.82, 2.24) is 0 Å². The fourth-order valence-electron chi connectivity index (χ4n) is 17.9. The second kappa shape index (κ2) is 27.3. The third-order valence-electron chi connectivity index (χ3n) is 22.6. The highest BCUT2D eigenvalue weighted by molar-refractivity contribution is 7.20. The molecule has 0 radical (unpaired) electrons. The summed E-state index contributed by atoms with van der Waals surface area (Å²) in [5.41, 5.74) is 25.7. The third kappa shape index (κ3) is 11.0. The van der Waals surface area contributed by atoms with Gasteiger partial charge < -0.3 is 19.4 Å². The highest BCUT2D eigenvalue weighted by atomic mass is 28.3. The molecule has 4 nitrogen and oxygen atoms in total. The first-order valence-corrected chi connectivity index (χ1v) is 39.6. The number of hydrogen-bond donors (Lipinski definition) is 0. The van der Waals surface area contributed by atoms with Gasteiger partial charge in [0.1, 0.15) is 0 Å². The van der Waals surface area contributed by atoms with Crippen molar-refractivity contribution in [2.75, 3.05) is 14.7 Å². The van der Waals surface area contributed by atoms with E-state index in [-0.39, 0.29) is 6.71 Å². The topological polar surface area (TPSA) is 19.0 Å². The Labute approximate surface area is 638 Å². The second-order valence-electron chi connectivity index (χ2n) is 28.6. The average Bonchev–Trinajstić information content (AvgIpc) is 0.687. The van der Waals surface area contributed by atoms with Crippen molar-refractivity contribution in [3.63, 3.8) is 0 Å². The molecule has 0 unspecified atom stereocenters. The molecule has 6 heteroatoms. The fraction of sp³-hybridized carbons (Fsp3) is 0.00971. The van der Waals surface area contributed by atoms with Crippen molar-refractivity contribution >= 4 is 103 Å². The van der Waals surface area contributed by atoms with Crippen molar-refractivity contribution in [2.24, 2.45) is 0 Å². The first-order chi connectivity index (χ1) is 54.1. The van der Waals surface area contributed by atoms with Gasteiger partial charge >= 0.3 is 0 Å². The van der Waals surface area contributed by atoms with Crippen molar-refractivity contribution in [2.45, 2.75) is 5.41 Å². The van der Waals surface area contributed by atoms with E-state index in [4.69, 9.17) is 4.74 Å². The summed E-state index contributed by atoms with van der Waals surface area (Å²) in [7, 11) is -3.26. The molecule has 0 aromatic heterocycles. The molecule has 109 heavy (non-hydrogen) atoms. The molecule has 3 heterocycles. The van der Waals surface area contributed by atoms with Gasteiger partial charge in [-0.05, 0) is 183 Å². The van der Waals surface area contributed by atoms with Crippen LogP contribution in [0.3, 0.4) is 0 Å². The molecule has 0 fully saturated rings. The summed E-state index contributed by atoms with van der Waals surface area (Å²) >= 11 is 0. The van der Waals surface area contributed by atoms with Crippen LogP contribution < -0.4 is 56.6 Å². The predicted molar refractivity (Wildman–Crippen MR) is 459 cm³/mol. The maximum absolute atomic E-state index is 6.96. The quantitative estimate of drug-likeness (QED) is 0.0752. The maximum atomic E-state index is 6.96. The zero-order valence-corrected chi connectivity index (χ0v) is 60.9. The Morgan fingerprint density at radius 3 is 0.936 bits per heavy atom. The SMILES string of the molecule is c1ccc(-c2cc(N3c4ccc(-c5ccccc5)cc4B4c5cc(-c6ccccc6)ccc5N(c5cc(-c6ccccc6)cc([Si](c6ccccc6)(c6ccccc6)c6ccccc6)c5)c5cc(N6c7ccccc7Oc7ccccc76)cc3c54)cc(C(c3ccccc3)(c3ccccc3)c3ccccc3)c2)cc1. The van der Waals surface area contributed by atoms with Gasteiger partial charge in [0.05, 0.1) is 22.5 Å². The number of para-hydroxylation sites is 4.